The van der Waals surface area contributed by atoms with E-state index in [0.717, 1.165) is 26.1 Å². The molecule has 0 saturated carbocycles. The maximum absolute atomic E-state index is 11.6. The number of carbonyl (C=O) groups is 1. The lowest BCUT2D eigenvalue weighted by molar-refractivity contribution is -0.124. The molecule has 1 aromatic heterocycles. The standard InChI is InChI=1S/C11H17N3O/c15-11(10-3-4-12-9-10)13-5-8-14-6-1-2-7-14/h1-2,6-7,10,12H,3-5,8-9H2,(H,13,15). The molecule has 1 aromatic rings. The van der Waals surface area contributed by atoms with Gasteiger partial charge in [-0.25, -0.2) is 0 Å². The monoisotopic (exact) mass is 207 g/mol. The minimum atomic E-state index is 0.176. The molecule has 2 rings (SSSR count). The highest BCUT2D eigenvalue weighted by molar-refractivity contribution is 5.79. The second-order valence-corrected chi connectivity index (χ2v) is 3.90. The first kappa shape index (κ1) is 10.2. The Morgan fingerprint density at radius 3 is 2.93 bits per heavy atom. The van der Waals surface area contributed by atoms with E-state index in [-0.39, 0.29) is 11.8 Å². The van der Waals surface area contributed by atoms with Crippen LogP contribution in [-0.2, 0) is 11.3 Å². The first-order chi connectivity index (χ1) is 7.36. The molecule has 1 saturated heterocycles. The number of nitrogens with one attached hydrogen (secondary N) is 2. The molecule has 1 fully saturated rings. The minimum Gasteiger partial charge on any atom is -0.354 e. The van der Waals surface area contributed by atoms with Crippen molar-refractivity contribution in [3.8, 4) is 0 Å². The Kier molecular flexibility index (Phi) is 3.40. The third-order valence-corrected chi connectivity index (χ3v) is 2.77. The number of hydrogen-bond acceptors (Lipinski definition) is 2. The molecule has 82 valence electrons. The molecule has 15 heavy (non-hydrogen) atoms. The second kappa shape index (κ2) is 4.98. The summed E-state index contributed by atoms with van der Waals surface area (Å²) in [5.74, 6) is 0.363. The van der Waals surface area contributed by atoms with Crippen molar-refractivity contribution in [3.63, 3.8) is 0 Å². The van der Waals surface area contributed by atoms with Crippen LogP contribution >= 0.6 is 0 Å². The van der Waals surface area contributed by atoms with E-state index in [0.29, 0.717) is 6.54 Å². The van der Waals surface area contributed by atoms with Crippen molar-refractivity contribution < 1.29 is 4.79 Å². The van der Waals surface area contributed by atoms with E-state index in [1.807, 2.05) is 24.5 Å². The summed E-state index contributed by atoms with van der Waals surface area (Å²) in [4.78, 5) is 11.6. The van der Waals surface area contributed by atoms with Gasteiger partial charge in [0.15, 0.2) is 0 Å². The van der Waals surface area contributed by atoms with Gasteiger partial charge in [-0.05, 0) is 25.1 Å². The van der Waals surface area contributed by atoms with Gasteiger partial charge in [-0.15, -0.1) is 0 Å². The predicted octanol–water partition coefficient (Wildman–Crippen LogP) is 0.214. The van der Waals surface area contributed by atoms with Gasteiger partial charge in [-0.3, -0.25) is 4.79 Å². The maximum Gasteiger partial charge on any atom is 0.224 e. The summed E-state index contributed by atoms with van der Waals surface area (Å²) < 4.78 is 2.06. The molecule has 0 spiro atoms. The van der Waals surface area contributed by atoms with Gasteiger partial charge in [0, 0.05) is 32.0 Å². The van der Waals surface area contributed by atoms with Crippen molar-refractivity contribution in [2.75, 3.05) is 19.6 Å². The molecule has 0 bridgehead atoms. The number of aromatic nitrogens is 1. The van der Waals surface area contributed by atoms with Gasteiger partial charge in [0.05, 0.1) is 5.92 Å². The predicted molar refractivity (Wildman–Crippen MR) is 58.4 cm³/mol. The Balaban J connectivity index is 1.67. The number of carbonyl (C=O) groups excluding carboxylic acids is 1. The first-order valence-corrected chi connectivity index (χ1v) is 5.45. The summed E-state index contributed by atoms with van der Waals surface area (Å²) in [6, 6.07) is 3.98. The number of hydrogen-bond donors (Lipinski definition) is 2. The third kappa shape index (κ3) is 2.83. The maximum atomic E-state index is 11.6. The van der Waals surface area contributed by atoms with E-state index in [1.165, 1.54) is 0 Å². The molecule has 0 aliphatic carbocycles. The fraction of sp³-hybridized carbons (Fsp3) is 0.545. The summed E-state index contributed by atoms with van der Waals surface area (Å²) >= 11 is 0. The highest BCUT2D eigenvalue weighted by Gasteiger charge is 2.21. The fourth-order valence-electron chi connectivity index (χ4n) is 1.85. The van der Waals surface area contributed by atoms with E-state index in [9.17, 15) is 4.79 Å². The van der Waals surface area contributed by atoms with Crippen molar-refractivity contribution in [1.82, 2.24) is 15.2 Å². The van der Waals surface area contributed by atoms with E-state index >= 15 is 0 Å². The quantitative estimate of drug-likeness (QED) is 0.741. The average molecular weight is 207 g/mol. The number of rotatable bonds is 4. The summed E-state index contributed by atoms with van der Waals surface area (Å²) in [7, 11) is 0. The SMILES string of the molecule is O=C(NCCn1cccc1)C1CCNC1. The summed E-state index contributed by atoms with van der Waals surface area (Å²) in [5, 5.41) is 6.15. The lowest BCUT2D eigenvalue weighted by atomic mass is 10.1. The zero-order chi connectivity index (χ0) is 10.5. The summed E-state index contributed by atoms with van der Waals surface area (Å²) in [6.07, 6.45) is 4.97. The first-order valence-electron chi connectivity index (χ1n) is 5.45. The molecule has 1 amide bonds. The Labute approximate surface area is 89.7 Å². The lowest BCUT2D eigenvalue weighted by Crippen LogP contribution is -2.33. The Bertz CT molecular complexity index is 302. The molecule has 1 atom stereocenters. The van der Waals surface area contributed by atoms with Gasteiger partial charge >= 0.3 is 0 Å². The van der Waals surface area contributed by atoms with Gasteiger partial charge in [0.1, 0.15) is 0 Å². The molecular weight excluding hydrogens is 190 g/mol. The van der Waals surface area contributed by atoms with Crippen LogP contribution in [0.5, 0.6) is 0 Å². The summed E-state index contributed by atoms with van der Waals surface area (Å²) in [6.45, 7) is 3.36. The van der Waals surface area contributed by atoms with E-state index in [4.69, 9.17) is 0 Å². The molecule has 4 nitrogen and oxygen atoms in total. The van der Waals surface area contributed by atoms with Crippen molar-refractivity contribution in [2.45, 2.75) is 13.0 Å². The Morgan fingerprint density at radius 2 is 2.27 bits per heavy atom. The molecule has 1 aliphatic heterocycles. The van der Waals surface area contributed by atoms with Gasteiger partial charge in [-0.1, -0.05) is 0 Å². The number of nitrogens with zero attached hydrogens (tertiary/aromatic N) is 1. The molecule has 2 heterocycles. The average Bonchev–Trinajstić information content (AvgIpc) is 2.90. The van der Waals surface area contributed by atoms with Crippen molar-refractivity contribution >= 4 is 5.91 Å². The van der Waals surface area contributed by atoms with Crippen LogP contribution in [-0.4, -0.2) is 30.1 Å². The highest BCUT2D eigenvalue weighted by atomic mass is 16.1. The van der Waals surface area contributed by atoms with Crippen molar-refractivity contribution in [1.29, 1.82) is 0 Å². The van der Waals surface area contributed by atoms with Gasteiger partial charge < -0.3 is 15.2 Å². The Morgan fingerprint density at radius 1 is 1.47 bits per heavy atom. The van der Waals surface area contributed by atoms with E-state index in [1.54, 1.807) is 0 Å². The van der Waals surface area contributed by atoms with Gasteiger partial charge in [0.25, 0.3) is 0 Å². The van der Waals surface area contributed by atoms with E-state index in [2.05, 4.69) is 15.2 Å². The van der Waals surface area contributed by atoms with Crippen LogP contribution in [0.2, 0.25) is 0 Å². The topological polar surface area (TPSA) is 46.1 Å². The molecule has 1 aliphatic rings. The molecule has 1 unspecified atom stereocenters. The van der Waals surface area contributed by atoms with Crippen molar-refractivity contribution in [2.24, 2.45) is 5.92 Å². The molecule has 0 radical (unpaired) electrons. The van der Waals surface area contributed by atoms with Gasteiger partial charge in [-0.2, -0.15) is 0 Å². The third-order valence-electron chi connectivity index (χ3n) is 2.77. The molecule has 0 aromatic carbocycles. The zero-order valence-corrected chi connectivity index (χ0v) is 8.78. The van der Waals surface area contributed by atoms with Gasteiger partial charge in [0.2, 0.25) is 5.91 Å². The molecule has 4 heteroatoms. The van der Waals surface area contributed by atoms with Crippen LogP contribution in [0, 0.1) is 5.92 Å². The largest absolute Gasteiger partial charge is 0.354 e. The van der Waals surface area contributed by atoms with Crippen LogP contribution in [0.15, 0.2) is 24.5 Å². The van der Waals surface area contributed by atoms with Crippen LogP contribution in [0.3, 0.4) is 0 Å². The number of amides is 1. The van der Waals surface area contributed by atoms with Crippen LogP contribution < -0.4 is 10.6 Å². The summed E-state index contributed by atoms with van der Waals surface area (Å²) in [5.41, 5.74) is 0. The fourth-order valence-corrected chi connectivity index (χ4v) is 1.85. The second-order valence-electron chi connectivity index (χ2n) is 3.90. The van der Waals surface area contributed by atoms with Crippen LogP contribution in [0.4, 0.5) is 0 Å². The molecular formula is C11H17N3O. The minimum absolute atomic E-state index is 0.176. The van der Waals surface area contributed by atoms with Crippen molar-refractivity contribution in [3.05, 3.63) is 24.5 Å². The lowest BCUT2D eigenvalue weighted by Gasteiger charge is -2.10. The van der Waals surface area contributed by atoms with E-state index < -0.39 is 0 Å². The normalized spacial score (nSPS) is 20.4. The highest BCUT2D eigenvalue weighted by Crippen LogP contribution is 2.06. The van der Waals surface area contributed by atoms with Crippen LogP contribution in [0.1, 0.15) is 6.42 Å². The Hall–Kier alpha value is -1.29. The smallest absolute Gasteiger partial charge is 0.224 e. The van der Waals surface area contributed by atoms with Crippen LogP contribution in [0.25, 0.3) is 0 Å². The molecule has 2 N–H and O–H groups in total. The zero-order valence-electron chi connectivity index (χ0n) is 8.78.